The van der Waals surface area contributed by atoms with Gasteiger partial charge in [0, 0.05) is 7.11 Å². The van der Waals surface area contributed by atoms with Crippen LogP contribution in [-0.4, -0.2) is 26.5 Å². The van der Waals surface area contributed by atoms with Crippen molar-refractivity contribution in [3.05, 3.63) is 29.8 Å². The van der Waals surface area contributed by atoms with E-state index in [0.29, 0.717) is 5.56 Å². The summed E-state index contributed by atoms with van der Waals surface area (Å²) in [4.78, 5) is 10.9. The van der Waals surface area contributed by atoms with Crippen LogP contribution in [0.25, 0.3) is 0 Å². The zero-order valence-corrected chi connectivity index (χ0v) is 11.6. The van der Waals surface area contributed by atoms with Crippen molar-refractivity contribution in [3.8, 4) is 5.75 Å². The summed E-state index contributed by atoms with van der Waals surface area (Å²) in [5.41, 5.74) is 0.614. The third kappa shape index (κ3) is 4.20. The van der Waals surface area contributed by atoms with Crippen LogP contribution in [0.3, 0.4) is 0 Å². The first-order valence-electron chi connectivity index (χ1n) is 5.38. The van der Waals surface area contributed by atoms with Crippen molar-refractivity contribution in [2.24, 2.45) is 0 Å². The van der Waals surface area contributed by atoms with Gasteiger partial charge in [0.2, 0.25) is 8.32 Å². The minimum atomic E-state index is -1.62. The van der Waals surface area contributed by atoms with Crippen LogP contribution in [-0.2, 0) is 9.53 Å². The van der Waals surface area contributed by atoms with Gasteiger partial charge in [0.25, 0.3) is 0 Å². The molecule has 1 atom stereocenters. The first-order valence-corrected chi connectivity index (χ1v) is 8.79. The smallest absolute Gasteiger partial charge is 0.337 e. The van der Waals surface area contributed by atoms with Crippen molar-refractivity contribution < 1.29 is 19.1 Å². The zero-order chi connectivity index (χ0) is 13.1. The molecule has 1 rings (SSSR count). The monoisotopic (exact) mass is 254 g/mol. The predicted octanol–water partition coefficient (Wildman–Crippen LogP) is 2.67. The highest BCUT2D eigenvalue weighted by Gasteiger charge is 2.20. The molecule has 0 aromatic heterocycles. The van der Waals surface area contributed by atoms with Crippen LogP contribution in [0.4, 0.5) is 0 Å². The number of carbonyl (C=O) groups is 1. The molecule has 0 fully saturated rings. The molecule has 5 heteroatoms. The lowest BCUT2D eigenvalue weighted by molar-refractivity contribution is -0.148. The van der Waals surface area contributed by atoms with Crippen LogP contribution in [0.2, 0.25) is 19.6 Å². The number of ether oxygens (including phenoxy) is 1. The van der Waals surface area contributed by atoms with E-state index in [1.165, 1.54) is 7.11 Å². The fourth-order valence-electron chi connectivity index (χ4n) is 1.44. The second-order valence-electron chi connectivity index (χ2n) is 4.74. The minimum absolute atomic E-state index is 0.614. The van der Waals surface area contributed by atoms with Crippen molar-refractivity contribution in [3.63, 3.8) is 0 Å². The van der Waals surface area contributed by atoms with Gasteiger partial charge in [0.05, 0.1) is 0 Å². The zero-order valence-electron chi connectivity index (χ0n) is 10.6. The molecular weight excluding hydrogens is 236 g/mol. The molecule has 1 aromatic carbocycles. The van der Waals surface area contributed by atoms with Crippen LogP contribution >= 0.6 is 0 Å². The van der Waals surface area contributed by atoms with E-state index < -0.39 is 20.4 Å². The van der Waals surface area contributed by atoms with Crippen molar-refractivity contribution >= 4 is 14.3 Å². The van der Waals surface area contributed by atoms with E-state index in [0.717, 1.165) is 5.75 Å². The van der Waals surface area contributed by atoms with Gasteiger partial charge in [0.1, 0.15) is 5.75 Å². The highest BCUT2D eigenvalue weighted by molar-refractivity contribution is 6.70. The molecule has 1 aromatic rings. The lowest BCUT2D eigenvalue weighted by Gasteiger charge is -2.19. The Morgan fingerprint density at radius 1 is 1.24 bits per heavy atom. The first-order chi connectivity index (χ1) is 7.83. The molecule has 0 radical (unpaired) electrons. The molecule has 0 saturated carbocycles. The molecule has 0 amide bonds. The molecule has 1 N–H and O–H groups in total. The molecule has 0 spiro atoms. The van der Waals surface area contributed by atoms with E-state index in [-0.39, 0.29) is 0 Å². The normalized spacial score (nSPS) is 13.2. The maximum absolute atomic E-state index is 10.9. The number of hydrogen-bond acceptors (Lipinski definition) is 3. The fraction of sp³-hybridized carbons (Fsp3) is 0.417. The van der Waals surface area contributed by atoms with Gasteiger partial charge in [-0.15, -0.1) is 0 Å². The molecule has 4 nitrogen and oxygen atoms in total. The largest absolute Gasteiger partial charge is 0.544 e. The van der Waals surface area contributed by atoms with Crippen molar-refractivity contribution in [2.45, 2.75) is 25.7 Å². The topological polar surface area (TPSA) is 55.8 Å². The predicted molar refractivity (Wildman–Crippen MR) is 67.8 cm³/mol. The summed E-state index contributed by atoms with van der Waals surface area (Å²) in [5, 5.41) is 8.93. The SMILES string of the molecule is COC(C(=O)O)c1ccc(O[Si](C)(C)C)cc1. The average molecular weight is 254 g/mol. The summed E-state index contributed by atoms with van der Waals surface area (Å²) in [6, 6.07) is 7.00. The van der Waals surface area contributed by atoms with Crippen LogP contribution in [0.1, 0.15) is 11.7 Å². The Bertz CT molecular complexity index is 380. The standard InChI is InChI=1S/C12H18O4Si/c1-15-11(12(13)14)9-5-7-10(8-6-9)16-17(2,3)4/h5-8,11H,1-4H3,(H,13,14). The molecule has 0 aliphatic heterocycles. The maximum Gasteiger partial charge on any atom is 0.337 e. The van der Waals surface area contributed by atoms with Gasteiger partial charge in [-0.2, -0.15) is 0 Å². The minimum Gasteiger partial charge on any atom is -0.544 e. The summed E-state index contributed by atoms with van der Waals surface area (Å²) >= 11 is 0. The molecule has 94 valence electrons. The molecule has 17 heavy (non-hydrogen) atoms. The number of hydrogen-bond donors (Lipinski definition) is 1. The highest BCUT2D eigenvalue weighted by atomic mass is 28.4. The van der Waals surface area contributed by atoms with E-state index in [4.69, 9.17) is 14.3 Å². The van der Waals surface area contributed by atoms with Crippen molar-refractivity contribution in [1.29, 1.82) is 0 Å². The second kappa shape index (κ2) is 5.33. The second-order valence-corrected chi connectivity index (χ2v) is 9.17. The fourth-order valence-corrected chi connectivity index (χ4v) is 2.29. The quantitative estimate of drug-likeness (QED) is 0.821. The van der Waals surface area contributed by atoms with E-state index in [9.17, 15) is 4.79 Å². The number of rotatable bonds is 5. The van der Waals surface area contributed by atoms with Gasteiger partial charge in [-0.3, -0.25) is 0 Å². The molecule has 0 saturated heterocycles. The third-order valence-corrected chi connectivity index (χ3v) is 2.91. The Morgan fingerprint density at radius 2 is 1.76 bits per heavy atom. The van der Waals surface area contributed by atoms with Crippen LogP contribution in [0.5, 0.6) is 5.75 Å². The molecule has 0 aliphatic rings. The Balaban J connectivity index is 2.84. The van der Waals surface area contributed by atoms with Gasteiger partial charge in [0.15, 0.2) is 6.10 Å². The van der Waals surface area contributed by atoms with E-state index in [2.05, 4.69) is 19.6 Å². The Morgan fingerprint density at radius 3 is 2.12 bits per heavy atom. The lowest BCUT2D eigenvalue weighted by Crippen LogP contribution is -2.29. The summed E-state index contributed by atoms with van der Waals surface area (Å²) in [5.74, 6) is -0.223. The Kier molecular flexibility index (Phi) is 4.31. The van der Waals surface area contributed by atoms with Crippen molar-refractivity contribution in [1.82, 2.24) is 0 Å². The summed E-state index contributed by atoms with van der Waals surface area (Å²) in [6.07, 6.45) is -0.920. The molecular formula is C12H18O4Si. The van der Waals surface area contributed by atoms with E-state index in [1.807, 2.05) is 0 Å². The molecule has 0 heterocycles. The van der Waals surface area contributed by atoms with Gasteiger partial charge in [-0.25, -0.2) is 4.79 Å². The Labute approximate surface area is 102 Å². The number of carboxylic acid groups (broad SMARTS) is 1. The van der Waals surface area contributed by atoms with Gasteiger partial charge in [-0.05, 0) is 37.3 Å². The van der Waals surface area contributed by atoms with E-state index >= 15 is 0 Å². The van der Waals surface area contributed by atoms with Gasteiger partial charge >= 0.3 is 5.97 Å². The number of carboxylic acids is 1. The van der Waals surface area contributed by atoms with Crippen LogP contribution < -0.4 is 4.43 Å². The average Bonchev–Trinajstić information content (AvgIpc) is 2.18. The van der Waals surface area contributed by atoms with E-state index in [1.54, 1.807) is 24.3 Å². The molecule has 0 aliphatic carbocycles. The van der Waals surface area contributed by atoms with Crippen LogP contribution in [0.15, 0.2) is 24.3 Å². The number of aliphatic carboxylic acids is 1. The number of benzene rings is 1. The third-order valence-electron chi connectivity index (χ3n) is 2.07. The molecule has 0 bridgehead atoms. The first kappa shape index (κ1) is 13.7. The van der Waals surface area contributed by atoms with Gasteiger partial charge in [-0.1, -0.05) is 12.1 Å². The van der Waals surface area contributed by atoms with Crippen molar-refractivity contribution in [2.75, 3.05) is 7.11 Å². The summed E-state index contributed by atoms with van der Waals surface area (Å²) in [7, 11) is -0.240. The van der Waals surface area contributed by atoms with Gasteiger partial charge < -0.3 is 14.3 Å². The lowest BCUT2D eigenvalue weighted by atomic mass is 10.1. The maximum atomic E-state index is 10.9. The highest BCUT2D eigenvalue weighted by Crippen LogP contribution is 2.22. The Hall–Kier alpha value is -1.33. The van der Waals surface area contributed by atoms with Crippen LogP contribution in [0, 0.1) is 0 Å². The summed E-state index contributed by atoms with van der Waals surface area (Å²) < 4.78 is 10.7. The molecule has 1 unspecified atom stereocenters. The number of methoxy groups -OCH3 is 1. The summed E-state index contributed by atoms with van der Waals surface area (Å²) in [6.45, 7) is 6.28.